The predicted octanol–water partition coefficient (Wildman–Crippen LogP) is 4.41. The highest BCUT2D eigenvalue weighted by atomic mass is 19.4. The van der Waals surface area contributed by atoms with Crippen molar-refractivity contribution in [3.05, 3.63) is 29.8 Å². The number of hydrogen-bond donors (Lipinski definition) is 1. The summed E-state index contributed by atoms with van der Waals surface area (Å²) >= 11 is 0. The van der Waals surface area contributed by atoms with E-state index >= 15 is 0 Å². The first-order valence-electron chi connectivity index (χ1n) is 6.96. The van der Waals surface area contributed by atoms with Crippen molar-refractivity contribution in [2.75, 3.05) is 0 Å². The Hall–Kier alpha value is -1.23. The van der Waals surface area contributed by atoms with Gasteiger partial charge in [0.25, 0.3) is 0 Å². The zero-order valence-electron chi connectivity index (χ0n) is 11.5. The maximum Gasteiger partial charge on any atom is 0.573 e. The molecule has 2 N–H and O–H groups in total. The molecule has 0 heterocycles. The van der Waals surface area contributed by atoms with E-state index in [9.17, 15) is 13.2 Å². The summed E-state index contributed by atoms with van der Waals surface area (Å²) in [6, 6.07) is 5.80. The molecule has 0 spiro atoms. The van der Waals surface area contributed by atoms with Gasteiger partial charge in [0.05, 0.1) is 0 Å². The quantitative estimate of drug-likeness (QED) is 0.893. The van der Waals surface area contributed by atoms with Gasteiger partial charge in [0.1, 0.15) is 5.75 Å². The largest absolute Gasteiger partial charge is 0.573 e. The molecule has 0 aromatic heterocycles. The molecule has 2 nitrogen and oxygen atoms in total. The van der Waals surface area contributed by atoms with E-state index in [2.05, 4.69) is 11.7 Å². The van der Waals surface area contributed by atoms with E-state index in [-0.39, 0.29) is 11.8 Å². The highest BCUT2D eigenvalue weighted by Gasteiger charge is 2.31. The van der Waals surface area contributed by atoms with Crippen LogP contribution in [0.25, 0.3) is 0 Å². The third-order valence-electron chi connectivity index (χ3n) is 4.07. The molecule has 0 aliphatic heterocycles. The molecule has 1 unspecified atom stereocenters. The minimum atomic E-state index is -4.65. The lowest BCUT2D eigenvalue weighted by Crippen LogP contribution is -2.25. The van der Waals surface area contributed by atoms with Crippen LogP contribution in [0.5, 0.6) is 5.75 Å². The van der Waals surface area contributed by atoms with E-state index in [1.165, 1.54) is 25.0 Å². The maximum absolute atomic E-state index is 12.1. The molecule has 0 amide bonds. The van der Waals surface area contributed by atoms with Crippen molar-refractivity contribution < 1.29 is 17.9 Å². The normalized spacial score (nSPS) is 25.2. The number of alkyl halides is 3. The van der Waals surface area contributed by atoms with Crippen molar-refractivity contribution in [1.82, 2.24) is 0 Å². The second kappa shape index (κ2) is 6.04. The Morgan fingerprint density at radius 3 is 2.15 bits per heavy atom. The van der Waals surface area contributed by atoms with Crippen LogP contribution in [0.15, 0.2) is 24.3 Å². The van der Waals surface area contributed by atoms with Crippen molar-refractivity contribution >= 4 is 0 Å². The Kier molecular flexibility index (Phi) is 4.58. The molecule has 1 saturated carbocycles. The van der Waals surface area contributed by atoms with Crippen LogP contribution in [-0.2, 0) is 0 Å². The number of nitrogens with two attached hydrogens (primary N) is 1. The molecule has 1 atom stereocenters. The minimum absolute atomic E-state index is 0.109. The third kappa shape index (κ3) is 4.13. The number of benzene rings is 1. The van der Waals surface area contributed by atoms with Gasteiger partial charge in [-0.1, -0.05) is 31.9 Å². The molecular formula is C15H20F3NO. The highest BCUT2D eigenvalue weighted by Crippen LogP contribution is 2.36. The minimum Gasteiger partial charge on any atom is -0.406 e. The Morgan fingerprint density at radius 2 is 1.65 bits per heavy atom. The van der Waals surface area contributed by atoms with E-state index in [1.54, 1.807) is 12.1 Å². The molecule has 1 aliphatic rings. The van der Waals surface area contributed by atoms with Crippen molar-refractivity contribution in [2.45, 2.75) is 45.0 Å². The average Bonchev–Trinajstić information content (AvgIpc) is 2.38. The summed E-state index contributed by atoms with van der Waals surface area (Å²) < 4.78 is 40.1. The number of hydrogen-bond acceptors (Lipinski definition) is 2. The van der Waals surface area contributed by atoms with Gasteiger partial charge in [-0.05, 0) is 42.4 Å². The van der Waals surface area contributed by atoms with Crippen LogP contribution in [-0.4, -0.2) is 6.36 Å². The standard InChI is InChI=1S/C15H20F3NO/c1-10-2-4-11(5-3-10)14(19)12-6-8-13(9-7-12)20-15(16,17)18/h6-11,14H,2-5,19H2,1H3. The first-order chi connectivity index (χ1) is 9.35. The van der Waals surface area contributed by atoms with Crippen LogP contribution < -0.4 is 10.5 Å². The smallest absolute Gasteiger partial charge is 0.406 e. The second-order valence-electron chi connectivity index (χ2n) is 5.66. The van der Waals surface area contributed by atoms with Crippen molar-refractivity contribution in [3.63, 3.8) is 0 Å². The first-order valence-corrected chi connectivity index (χ1v) is 6.96. The molecular weight excluding hydrogens is 267 g/mol. The van der Waals surface area contributed by atoms with Crippen molar-refractivity contribution in [3.8, 4) is 5.75 Å². The van der Waals surface area contributed by atoms with Crippen LogP contribution in [0.2, 0.25) is 0 Å². The lowest BCUT2D eigenvalue weighted by atomic mass is 9.78. The van der Waals surface area contributed by atoms with Gasteiger partial charge in [-0.3, -0.25) is 0 Å². The molecule has 2 rings (SSSR count). The van der Waals surface area contributed by atoms with Gasteiger partial charge in [-0.25, -0.2) is 0 Å². The van der Waals surface area contributed by atoms with Crippen LogP contribution in [0.3, 0.4) is 0 Å². The monoisotopic (exact) mass is 287 g/mol. The predicted molar refractivity (Wildman–Crippen MR) is 71.2 cm³/mol. The van der Waals surface area contributed by atoms with E-state index in [4.69, 9.17) is 5.73 Å². The number of halogens is 3. The summed E-state index contributed by atoms with van der Waals surface area (Å²) in [7, 11) is 0. The highest BCUT2D eigenvalue weighted by molar-refractivity contribution is 5.29. The molecule has 1 aliphatic carbocycles. The van der Waals surface area contributed by atoms with Crippen molar-refractivity contribution in [2.24, 2.45) is 17.6 Å². The average molecular weight is 287 g/mol. The second-order valence-corrected chi connectivity index (χ2v) is 5.66. The summed E-state index contributed by atoms with van der Waals surface area (Å²) in [4.78, 5) is 0. The van der Waals surface area contributed by atoms with Crippen LogP contribution in [0.4, 0.5) is 13.2 Å². The summed E-state index contributed by atoms with van der Waals surface area (Å²) in [5.41, 5.74) is 7.10. The molecule has 0 radical (unpaired) electrons. The van der Waals surface area contributed by atoms with Gasteiger partial charge in [0.2, 0.25) is 0 Å². The summed E-state index contributed by atoms with van der Waals surface area (Å²) in [5.74, 6) is 0.965. The summed E-state index contributed by atoms with van der Waals surface area (Å²) in [6.07, 6.45) is -0.128. The molecule has 112 valence electrons. The number of rotatable bonds is 3. The van der Waals surface area contributed by atoms with E-state index in [0.717, 1.165) is 24.3 Å². The fourth-order valence-electron chi connectivity index (χ4n) is 2.81. The Labute approximate surface area is 117 Å². The summed E-state index contributed by atoms with van der Waals surface area (Å²) in [6.45, 7) is 2.24. The van der Waals surface area contributed by atoms with Crippen LogP contribution in [0, 0.1) is 11.8 Å². The van der Waals surface area contributed by atoms with Gasteiger partial charge in [-0.15, -0.1) is 13.2 Å². The van der Waals surface area contributed by atoms with Gasteiger partial charge in [-0.2, -0.15) is 0 Å². The van der Waals surface area contributed by atoms with Gasteiger partial charge in [0, 0.05) is 6.04 Å². The maximum atomic E-state index is 12.1. The van der Waals surface area contributed by atoms with Gasteiger partial charge >= 0.3 is 6.36 Å². The third-order valence-corrected chi connectivity index (χ3v) is 4.07. The SMILES string of the molecule is CC1CCC(C(N)c2ccc(OC(F)(F)F)cc2)CC1. The molecule has 1 fully saturated rings. The fraction of sp³-hybridized carbons (Fsp3) is 0.600. The molecule has 0 bridgehead atoms. The van der Waals surface area contributed by atoms with E-state index in [0.29, 0.717) is 5.92 Å². The molecule has 5 heteroatoms. The lowest BCUT2D eigenvalue weighted by Gasteiger charge is -2.30. The van der Waals surface area contributed by atoms with Gasteiger partial charge in [0.15, 0.2) is 0 Å². The molecule has 1 aromatic carbocycles. The Balaban J connectivity index is 1.98. The molecule has 1 aromatic rings. The van der Waals surface area contributed by atoms with Gasteiger partial charge < -0.3 is 10.5 Å². The Bertz CT molecular complexity index is 422. The van der Waals surface area contributed by atoms with Crippen LogP contribution in [0.1, 0.15) is 44.2 Å². The molecule has 20 heavy (non-hydrogen) atoms. The number of ether oxygens (including phenoxy) is 1. The zero-order chi connectivity index (χ0) is 14.8. The van der Waals surface area contributed by atoms with Crippen molar-refractivity contribution in [1.29, 1.82) is 0 Å². The Morgan fingerprint density at radius 1 is 1.10 bits per heavy atom. The van der Waals surface area contributed by atoms with E-state index in [1.807, 2.05) is 0 Å². The molecule has 0 saturated heterocycles. The fourth-order valence-corrected chi connectivity index (χ4v) is 2.81. The first kappa shape index (κ1) is 15.2. The zero-order valence-corrected chi connectivity index (χ0v) is 11.5. The van der Waals surface area contributed by atoms with E-state index < -0.39 is 6.36 Å². The topological polar surface area (TPSA) is 35.2 Å². The lowest BCUT2D eigenvalue weighted by molar-refractivity contribution is -0.274. The van der Waals surface area contributed by atoms with Crippen LogP contribution >= 0.6 is 0 Å². The summed E-state index contributed by atoms with van der Waals surface area (Å²) in [5, 5.41) is 0.